The van der Waals surface area contributed by atoms with Crippen LogP contribution in [-0.2, 0) is 0 Å². The van der Waals surface area contributed by atoms with E-state index in [2.05, 4.69) is 17.9 Å². The van der Waals surface area contributed by atoms with Gasteiger partial charge in [0.15, 0.2) is 0 Å². The molecule has 2 aliphatic rings. The van der Waals surface area contributed by atoms with E-state index in [1.54, 1.807) is 0 Å². The molecule has 10 heavy (non-hydrogen) atoms. The number of fused-ring (bicyclic) bond motifs is 1. The first kappa shape index (κ1) is 6.38. The Balaban J connectivity index is 2.20. The lowest BCUT2D eigenvalue weighted by molar-refractivity contribution is 0.147. The number of hydrogen-bond donors (Lipinski definition) is 1. The third kappa shape index (κ3) is 0.724. The molecule has 0 saturated carbocycles. The van der Waals surface area contributed by atoms with Crippen molar-refractivity contribution in [3.63, 3.8) is 0 Å². The molecule has 2 unspecified atom stereocenters. The summed E-state index contributed by atoms with van der Waals surface area (Å²) in [6, 6.07) is 0.361. The molecule has 0 aliphatic carbocycles. The first-order valence-corrected chi connectivity index (χ1v) is 3.88. The van der Waals surface area contributed by atoms with Gasteiger partial charge in [-0.05, 0) is 13.3 Å². The fourth-order valence-electron chi connectivity index (χ4n) is 2.02. The van der Waals surface area contributed by atoms with Gasteiger partial charge in [-0.2, -0.15) is 0 Å². The van der Waals surface area contributed by atoms with Crippen molar-refractivity contribution in [1.29, 1.82) is 0 Å². The molecule has 0 spiro atoms. The van der Waals surface area contributed by atoms with E-state index in [0.29, 0.717) is 6.04 Å². The van der Waals surface area contributed by atoms with Gasteiger partial charge in [-0.25, -0.2) is 0 Å². The third-order valence-corrected chi connectivity index (χ3v) is 2.58. The van der Waals surface area contributed by atoms with Gasteiger partial charge in [0.1, 0.15) is 0 Å². The minimum Gasteiger partial charge on any atom is -0.391 e. The molecule has 2 heteroatoms. The quantitative estimate of drug-likeness (QED) is 0.490. The molecule has 0 amide bonds. The summed E-state index contributed by atoms with van der Waals surface area (Å²) >= 11 is 0. The van der Waals surface area contributed by atoms with Crippen molar-refractivity contribution in [3.8, 4) is 0 Å². The Morgan fingerprint density at radius 2 is 2.50 bits per heavy atom. The van der Waals surface area contributed by atoms with E-state index in [1.807, 2.05) is 0 Å². The van der Waals surface area contributed by atoms with Crippen LogP contribution in [0.1, 0.15) is 13.3 Å². The van der Waals surface area contributed by atoms with Crippen LogP contribution in [0, 0.1) is 0 Å². The summed E-state index contributed by atoms with van der Waals surface area (Å²) in [6.07, 6.45) is 3.07. The Morgan fingerprint density at radius 1 is 1.70 bits per heavy atom. The molecule has 2 aliphatic heterocycles. The maximum absolute atomic E-state index is 9.49. The zero-order chi connectivity index (χ0) is 7.14. The van der Waals surface area contributed by atoms with Gasteiger partial charge < -0.3 is 5.11 Å². The molecule has 2 rings (SSSR count). The van der Waals surface area contributed by atoms with Crippen LogP contribution in [-0.4, -0.2) is 35.2 Å². The smallest absolute Gasteiger partial charge is 0.0745 e. The van der Waals surface area contributed by atoms with E-state index in [-0.39, 0.29) is 6.10 Å². The maximum atomic E-state index is 9.49. The zero-order valence-electron chi connectivity index (χ0n) is 6.25. The molecule has 2 nitrogen and oxygen atoms in total. The highest BCUT2D eigenvalue weighted by molar-refractivity contribution is 5.20. The molecule has 1 saturated heterocycles. The summed E-state index contributed by atoms with van der Waals surface area (Å²) < 4.78 is 0. The molecule has 2 atom stereocenters. The molecule has 56 valence electrons. The van der Waals surface area contributed by atoms with Crippen molar-refractivity contribution in [2.75, 3.05) is 13.1 Å². The maximum Gasteiger partial charge on any atom is 0.0745 e. The molecule has 0 aromatic heterocycles. The largest absolute Gasteiger partial charge is 0.391 e. The zero-order valence-corrected chi connectivity index (χ0v) is 6.25. The van der Waals surface area contributed by atoms with Crippen molar-refractivity contribution in [2.24, 2.45) is 0 Å². The Labute approximate surface area is 61.1 Å². The highest BCUT2D eigenvalue weighted by atomic mass is 16.3. The van der Waals surface area contributed by atoms with E-state index in [4.69, 9.17) is 0 Å². The molecular formula is C8H13NO. The van der Waals surface area contributed by atoms with E-state index < -0.39 is 0 Å². The second-order valence-corrected chi connectivity index (χ2v) is 3.24. The van der Waals surface area contributed by atoms with E-state index in [9.17, 15) is 5.11 Å². The first-order chi connectivity index (χ1) is 4.79. The average Bonchev–Trinajstić information content (AvgIpc) is 2.40. The Kier molecular flexibility index (Phi) is 1.32. The van der Waals surface area contributed by atoms with Crippen molar-refractivity contribution in [2.45, 2.75) is 25.5 Å². The standard InChI is InChI=1S/C8H13NO/c1-6-2-4-9-5-3-7(10)8(6)9/h2,7-8,10H,3-5H2,1H3. The highest BCUT2D eigenvalue weighted by Gasteiger charge is 2.36. The van der Waals surface area contributed by atoms with Crippen LogP contribution in [0.25, 0.3) is 0 Å². The monoisotopic (exact) mass is 139 g/mol. The second kappa shape index (κ2) is 2.07. The predicted molar refractivity (Wildman–Crippen MR) is 39.7 cm³/mol. The van der Waals surface area contributed by atoms with Crippen LogP contribution in [0.2, 0.25) is 0 Å². The second-order valence-electron chi connectivity index (χ2n) is 3.24. The summed E-state index contributed by atoms with van der Waals surface area (Å²) in [5.41, 5.74) is 1.35. The number of nitrogens with zero attached hydrogens (tertiary/aromatic N) is 1. The molecular weight excluding hydrogens is 126 g/mol. The minimum atomic E-state index is -0.0984. The van der Waals surface area contributed by atoms with Gasteiger partial charge in [-0.1, -0.05) is 11.6 Å². The van der Waals surface area contributed by atoms with Crippen LogP contribution < -0.4 is 0 Å². The summed E-state index contributed by atoms with van der Waals surface area (Å²) in [7, 11) is 0. The normalized spacial score (nSPS) is 40.0. The van der Waals surface area contributed by atoms with Crippen molar-refractivity contribution in [1.82, 2.24) is 4.90 Å². The molecule has 1 N–H and O–H groups in total. The summed E-state index contributed by atoms with van der Waals surface area (Å²) in [5, 5.41) is 9.49. The molecule has 1 fully saturated rings. The molecule has 0 radical (unpaired) electrons. The van der Waals surface area contributed by atoms with Gasteiger partial charge in [0, 0.05) is 13.1 Å². The number of hydrogen-bond acceptors (Lipinski definition) is 2. The first-order valence-electron chi connectivity index (χ1n) is 3.88. The summed E-state index contributed by atoms with van der Waals surface area (Å²) in [6.45, 7) is 4.23. The SMILES string of the molecule is CC1=CCN2CCC(O)C12. The van der Waals surface area contributed by atoms with Gasteiger partial charge in [0.25, 0.3) is 0 Å². The van der Waals surface area contributed by atoms with Crippen molar-refractivity contribution >= 4 is 0 Å². The molecule has 2 heterocycles. The number of rotatable bonds is 0. The highest BCUT2D eigenvalue weighted by Crippen LogP contribution is 2.28. The van der Waals surface area contributed by atoms with Gasteiger partial charge in [-0.3, -0.25) is 4.90 Å². The minimum absolute atomic E-state index is 0.0984. The van der Waals surface area contributed by atoms with Crippen molar-refractivity contribution < 1.29 is 5.11 Å². The lowest BCUT2D eigenvalue weighted by Gasteiger charge is -2.18. The van der Waals surface area contributed by atoms with Gasteiger partial charge >= 0.3 is 0 Å². The third-order valence-electron chi connectivity index (χ3n) is 2.58. The average molecular weight is 139 g/mol. The topological polar surface area (TPSA) is 23.5 Å². The van der Waals surface area contributed by atoms with E-state index in [1.165, 1.54) is 5.57 Å². The van der Waals surface area contributed by atoms with Crippen LogP contribution >= 0.6 is 0 Å². The number of aliphatic hydroxyl groups is 1. The van der Waals surface area contributed by atoms with Crippen LogP contribution in [0.5, 0.6) is 0 Å². The Hall–Kier alpha value is -0.340. The molecule has 0 bridgehead atoms. The molecule has 0 aromatic rings. The fraction of sp³-hybridized carbons (Fsp3) is 0.750. The lowest BCUT2D eigenvalue weighted by Crippen LogP contribution is -2.31. The summed E-state index contributed by atoms with van der Waals surface area (Å²) in [5.74, 6) is 0. The van der Waals surface area contributed by atoms with Crippen LogP contribution in [0.4, 0.5) is 0 Å². The van der Waals surface area contributed by atoms with E-state index in [0.717, 1.165) is 19.5 Å². The van der Waals surface area contributed by atoms with Crippen molar-refractivity contribution in [3.05, 3.63) is 11.6 Å². The lowest BCUT2D eigenvalue weighted by atomic mass is 10.1. The fourth-order valence-corrected chi connectivity index (χ4v) is 2.02. The Bertz CT molecular complexity index is 176. The van der Waals surface area contributed by atoms with Gasteiger partial charge in [0.05, 0.1) is 12.1 Å². The van der Waals surface area contributed by atoms with E-state index >= 15 is 0 Å². The predicted octanol–water partition coefficient (Wildman–Crippen LogP) is 0.382. The molecule has 0 aromatic carbocycles. The van der Waals surface area contributed by atoms with Crippen LogP contribution in [0.3, 0.4) is 0 Å². The van der Waals surface area contributed by atoms with Gasteiger partial charge in [-0.15, -0.1) is 0 Å². The summed E-state index contributed by atoms with van der Waals surface area (Å²) in [4.78, 5) is 2.33. The van der Waals surface area contributed by atoms with Crippen LogP contribution in [0.15, 0.2) is 11.6 Å². The van der Waals surface area contributed by atoms with Gasteiger partial charge in [0.2, 0.25) is 0 Å². The number of aliphatic hydroxyl groups excluding tert-OH is 1. The Morgan fingerprint density at radius 3 is 3.20 bits per heavy atom.